The summed E-state index contributed by atoms with van der Waals surface area (Å²) in [6.07, 6.45) is 4.66. The summed E-state index contributed by atoms with van der Waals surface area (Å²) >= 11 is 1.56. The molecule has 2 aliphatic rings. The molecule has 0 radical (unpaired) electrons. The normalized spacial score (nSPS) is 24.0. The smallest absolute Gasteiger partial charge is 0.308 e. The number of nitrogens with zero attached hydrogens (tertiary/aromatic N) is 4. The van der Waals surface area contributed by atoms with Crippen molar-refractivity contribution in [1.29, 1.82) is 0 Å². The molecule has 2 aliphatic heterocycles. The van der Waals surface area contributed by atoms with Crippen molar-refractivity contribution < 1.29 is 14.7 Å². The molecule has 2 saturated heterocycles. The second-order valence-electron chi connectivity index (χ2n) is 6.65. The largest absolute Gasteiger partial charge is 0.481 e. The first-order chi connectivity index (χ1) is 12.1. The maximum absolute atomic E-state index is 13.1. The van der Waals surface area contributed by atoms with Gasteiger partial charge in [-0.1, -0.05) is 0 Å². The lowest BCUT2D eigenvalue weighted by atomic mass is 9.97. The fourth-order valence-electron chi connectivity index (χ4n) is 3.87. The quantitative estimate of drug-likeness (QED) is 0.901. The average Bonchev–Trinajstić information content (AvgIpc) is 3.30. The number of carbonyl (C=O) groups is 2. The van der Waals surface area contributed by atoms with Crippen molar-refractivity contribution in [2.45, 2.75) is 31.7 Å². The molecule has 0 spiro atoms. The van der Waals surface area contributed by atoms with Crippen LogP contribution in [-0.2, 0) is 9.59 Å². The van der Waals surface area contributed by atoms with Crippen LogP contribution in [0, 0.1) is 5.92 Å². The van der Waals surface area contributed by atoms with Crippen LogP contribution in [0.25, 0.3) is 10.2 Å². The molecule has 2 unspecified atom stereocenters. The molecule has 2 aromatic heterocycles. The highest BCUT2D eigenvalue weighted by atomic mass is 32.1. The first kappa shape index (κ1) is 16.3. The van der Waals surface area contributed by atoms with Gasteiger partial charge in [0.15, 0.2) is 0 Å². The number of likely N-dealkylation sites (tertiary alicyclic amines) is 1. The number of hydrogen-bond acceptors (Lipinski definition) is 6. The molecule has 0 bridgehead atoms. The minimum absolute atomic E-state index is 0.0328. The zero-order chi connectivity index (χ0) is 17.4. The van der Waals surface area contributed by atoms with Crippen molar-refractivity contribution in [2.75, 3.05) is 24.5 Å². The summed E-state index contributed by atoms with van der Waals surface area (Å²) < 4.78 is 0. The fraction of sp³-hybridized carbons (Fsp3) is 0.529. The first-order valence-electron chi connectivity index (χ1n) is 8.61. The lowest BCUT2D eigenvalue weighted by molar-refractivity contribution is -0.146. The zero-order valence-corrected chi connectivity index (χ0v) is 14.6. The number of hydrogen-bond donors (Lipinski definition) is 1. The molecule has 25 heavy (non-hydrogen) atoms. The summed E-state index contributed by atoms with van der Waals surface area (Å²) in [6.45, 7) is 1.75. The first-order valence-corrected chi connectivity index (χ1v) is 9.49. The van der Waals surface area contributed by atoms with Gasteiger partial charge in [0.2, 0.25) is 5.91 Å². The summed E-state index contributed by atoms with van der Waals surface area (Å²) in [7, 11) is 0. The number of aromatic nitrogens is 2. The lowest BCUT2D eigenvalue weighted by Gasteiger charge is -2.35. The van der Waals surface area contributed by atoms with Crippen LogP contribution in [0.3, 0.4) is 0 Å². The van der Waals surface area contributed by atoms with E-state index in [1.165, 1.54) is 0 Å². The molecule has 0 aromatic carbocycles. The van der Waals surface area contributed by atoms with Crippen molar-refractivity contribution >= 4 is 39.2 Å². The van der Waals surface area contributed by atoms with E-state index in [0.29, 0.717) is 19.5 Å². The van der Waals surface area contributed by atoms with Crippen LogP contribution in [0.15, 0.2) is 17.8 Å². The van der Waals surface area contributed by atoms with E-state index in [2.05, 4.69) is 14.9 Å². The van der Waals surface area contributed by atoms with Gasteiger partial charge in [-0.2, -0.15) is 0 Å². The van der Waals surface area contributed by atoms with Crippen molar-refractivity contribution in [2.24, 2.45) is 5.92 Å². The maximum Gasteiger partial charge on any atom is 0.308 e. The van der Waals surface area contributed by atoms with Crippen LogP contribution < -0.4 is 4.90 Å². The SMILES string of the molecule is O=C(O)C1CCCN(C(=O)C2CCCN2c2ncnc3sccc23)C1. The predicted octanol–water partition coefficient (Wildman–Crippen LogP) is 1.98. The van der Waals surface area contributed by atoms with E-state index in [1.54, 1.807) is 22.6 Å². The summed E-state index contributed by atoms with van der Waals surface area (Å²) in [6, 6.07) is 1.74. The van der Waals surface area contributed by atoms with Gasteiger partial charge in [-0.25, -0.2) is 9.97 Å². The number of amides is 1. The standard InChI is InChI=1S/C17H20N4O3S/c22-16(20-6-1-3-11(9-20)17(23)24)13-4-2-7-21(13)14-12-5-8-25-15(12)19-10-18-14/h5,8,10-11,13H,1-4,6-7,9H2,(H,23,24). The Balaban J connectivity index is 1.58. The Bertz CT molecular complexity index is 808. The summed E-state index contributed by atoms with van der Waals surface area (Å²) in [5, 5.41) is 12.2. The van der Waals surface area contributed by atoms with E-state index in [9.17, 15) is 14.7 Å². The maximum atomic E-state index is 13.1. The molecule has 2 atom stereocenters. The molecular weight excluding hydrogens is 340 g/mol. The molecule has 1 amide bonds. The summed E-state index contributed by atoms with van der Waals surface area (Å²) in [4.78, 5) is 37.8. The third-order valence-corrected chi connectivity index (χ3v) is 5.95. The van der Waals surface area contributed by atoms with E-state index in [-0.39, 0.29) is 11.9 Å². The molecule has 0 aliphatic carbocycles. The fourth-order valence-corrected chi connectivity index (χ4v) is 4.60. The average molecular weight is 360 g/mol. The molecule has 1 N–H and O–H groups in total. The van der Waals surface area contributed by atoms with Gasteiger partial charge < -0.3 is 14.9 Å². The van der Waals surface area contributed by atoms with Gasteiger partial charge in [0.1, 0.15) is 23.0 Å². The zero-order valence-electron chi connectivity index (χ0n) is 13.8. The van der Waals surface area contributed by atoms with E-state index in [0.717, 1.165) is 41.8 Å². The molecule has 4 heterocycles. The van der Waals surface area contributed by atoms with Crippen molar-refractivity contribution in [3.8, 4) is 0 Å². The Morgan fingerprint density at radius 3 is 2.88 bits per heavy atom. The van der Waals surface area contributed by atoms with Crippen LogP contribution in [0.2, 0.25) is 0 Å². The number of thiophene rings is 1. The molecule has 4 rings (SSSR count). The number of carbonyl (C=O) groups excluding carboxylic acids is 1. The minimum Gasteiger partial charge on any atom is -0.481 e. The van der Waals surface area contributed by atoms with Crippen molar-refractivity contribution in [3.05, 3.63) is 17.8 Å². The Morgan fingerprint density at radius 2 is 2.04 bits per heavy atom. The van der Waals surface area contributed by atoms with Gasteiger partial charge >= 0.3 is 5.97 Å². The number of rotatable bonds is 3. The number of fused-ring (bicyclic) bond motifs is 1. The molecule has 8 heteroatoms. The van der Waals surface area contributed by atoms with Gasteiger partial charge in [0.05, 0.1) is 11.3 Å². The van der Waals surface area contributed by atoms with Crippen LogP contribution in [0.1, 0.15) is 25.7 Å². The van der Waals surface area contributed by atoms with Crippen LogP contribution in [-0.4, -0.2) is 57.5 Å². The molecule has 0 saturated carbocycles. The minimum atomic E-state index is -0.809. The van der Waals surface area contributed by atoms with Gasteiger partial charge in [-0.05, 0) is 37.1 Å². The van der Waals surface area contributed by atoms with Crippen LogP contribution >= 0.6 is 11.3 Å². The number of anilines is 1. The summed E-state index contributed by atoms with van der Waals surface area (Å²) in [5.74, 6) is -0.411. The molecular formula is C17H20N4O3S. The lowest BCUT2D eigenvalue weighted by Crippen LogP contribution is -2.50. The number of piperidine rings is 1. The van der Waals surface area contributed by atoms with Crippen molar-refractivity contribution in [1.82, 2.24) is 14.9 Å². The number of carboxylic acid groups (broad SMARTS) is 1. The monoisotopic (exact) mass is 360 g/mol. The molecule has 7 nitrogen and oxygen atoms in total. The predicted molar refractivity (Wildman–Crippen MR) is 94.7 cm³/mol. The Hall–Kier alpha value is -2.22. The molecule has 132 valence electrons. The highest BCUT2D eigenvalue weighted by Gasteiger charge is 2.37. The van der Waals surface area contributed by atoms with Gasteiger partial charge in [0.25, 0.3) is 0 Å². The number of carboxylic acids is 1. The van der Waals surface area contributed by atoms with Crippen LogP contribution in [0.4, 0.5) is 5.82 Å². The van der Waals surface area contributed by atoms with Gasteiger partial charge in [0, 0.05) is 19.6 Å². The van der Waals surface area contributed by atoms with Crippen molar-refractivity contribution in [3.63, 3.8) is 0 Å². The van der Waals surface area contributed by atoms with Gasteiger partial charge in [-0.3, -0.25) is 9.59 Å². The molecule has 2 fully saturated rings. The topological polar surface area (TPSA) is 86.6 Å². The third-order valence-electron chi connectivity index (χ3n) is 5.13. The Morgan fingerprint density at radius 1 is 1.20 bits per heavy atom. The second kappa shape index (κ2) is 6.59. The Kier molecular flexibility index (Phi) is 4.29. The highest BCUT2D eigenvalue weighted by molar-refractivity contribution is 7.16. The van der Waals surface area contributed by atoms with Crippen LogP contribution in [0.5, 0.6) is 0 Å². The second-order valence-corrected chi connectivity index (χ2v) is 7.54. The Labute approximate surface area is 149 Å². The van der Waals surface area contributed by atoms with E-state index < -0.39 is 11.9 Å². The van der Waals surface area contributed by atoms with E-state index in [1.807, 2.05) is 11.4 Å². The molecule has 2 aromatic rings. The highest BCUT2D eigenvalue weighted by Crippen LogP contribution is 2.32. The number of aliphatic carboxylic acids is 1. The van der Waals surface area contributed by atoms with Gasteiger partial charge in [-0.15, -0.1) is 11.3 Å². The van der Waals surface area contributed by atoms with E-state index in [4.69, 9.17) is 0 Å². The summed E-state index contributed by atoms with van der Waals surface area (Å²) in [5.41, 5.74) is 0. The third kappa shape index (κ3) is 2.95. The van der Waals surface area contributed by atoms with E-state index >= 15 is 0 Å².